The molecule has 0 radical (unpaired) electrons. The molecule has 0 bridgehead atoms. The van der Waals surface area contributed by atoms with E-state index in [9.17, 15) is 12.3 Å². The fourth-order valence-electron chi connectivity index (χ4n) is 2.12. The van der Waals surface area contributed by atoms with E-state index in [-0.39, 0.29) is 17.1 Å². The Labute approximate surface area is 79.7 Å². The highest BCUT2D eigenvalue weighted by atomic mass is 32.3. The van der Waals surface area contributed by atoms with Crippen LogP contribution in [0.25, 0.3) is 0 Å². The van der Waals surface area contributed by atoms with Gasteiger partial charge in [0.25, 0.3) is 0 Å². The zero-order valence-corrected chi connectivity index (χ0v) is 9.03. The maximum atomic E-state index is 12.5. The van der Waals surface area contributed by atoms with Gasteiger partial charge >= 0.3 is 10.2 Å². The van der Waals surface area contributed by atoms with Crippen LogP contribution in [0.5, 0.6) is 0 Å². The van der Waals surface area contributed by atoms with E-state index in [1.54, 1.807) is 0 Å². The lowest BCUT2D eigenvalue weighted by molar-refractivity contribution is 0.155. The van der Waals surface area contributed by atoms with E-state index in [4.69, 9.17) is 0 Å². The zero-order chi connectivity index (χ0) is 10.1. The Morgan fingerprint density at radius 3 is 2.46 bits per heavy atom. The van der Waals surface area contributed by atoms with Gasteiger partial charge < -0.3 is 0 Å². The minimum Gasteiger partial charge on any atom is -0.195 e. The largest absolute Gasteiger partial charge is 0.302 e. The highest BCUT2D eigenvalue weighted by Crippen LogP contribution is 2.41. The first-order valence-electron chi connectivity index (χ1n) is 4.74. The smallest absolute Gasteiger partial charge is 0.195 e. The van der Waals surface area contributed by atoms with Crippen molar-refractivity contribution in [3.63, 3.8) is 0 Å². The minimum atomic E-state index is -4.29. The maximum Gasteiger partial charge on any atom is 0.302 e. The van der Waals surface area contributed by atoms with Gasteiger partial charge in [-0.25, -0.2) is 0 Å². The standard InChI is InChI=1S/C9H17FO2S/c1-9(2)6-4-3-5-8(9)7-13(10,11)12/h8H,3-7H2,1-2H3. The second-order valence-electron chi connectivity index (χ2n) is 4.64. The van der Waals surface area contributed by atoms with Crippen LogP contribution in [0.3, 0.4) is 0 Å². The SMILES string of the molecule is CC1(C)CCCCC1CS(=O)(=O)F. The van der Waals surface area contributed by atoms with Crippen LogP contribution in [-0.4, -0.2) is 14.2 Å². The third-order valence-electron chi connectivity index (χ3n) is 3.13. The van der Waals surface area contributed by atoms with Crippen molar-refractivity contribution in [2.45, 2.75) is 39.5 Å². The van der Waals surface area contributed by atoms with Crippen molar-refractivity contribution in [1.29, 1.82) is 0 Å². The maximum absolute atomic E-state index is 12.5. The molecular weight excluding hydrogens is 191 g/mol. The topological polar surface area (TPSA) is 34.1 Å². The van der Waals surface area contributed by atoms with Crippen molar-refractivity contribution < 1.29 is 12.3 Å². The highest BCUT2D eigenvalue weighted by Gasteiger charge is 2.35. The molecule has 13 heavy (non-hydrogen) atoms. The fraction of sp³-hybridized carbons (Fsp3) is 1.00. The van der Waals surface area contributed by atoms with Gasteiger partial charge in [-0.3, -0.25) is 0 Å². The molecule has 1 rings (SSSR count). The molecule has 0 aromatic heterocycles. The molecule has 0 aromatic carbocycles. The number of halogens is 1. The molecule has 1 atom stereocenters. The first-order valence-corrected chi connectivity index (χ1v) is 6.29. The van der Waals surface area contributed by atoms with Gasteiger partial charge in [0, 0.05) is 0 Å². The summed E-state index contributed by atoms with van der Waals surface area (Å²) in [5, 5.41) is 0. The quantitative estimate of drug-likeness (QED) is 0.653. The van der Waals surface area contributed by atoms with E-state index in [1.807, 2.05) is 13.8 Å². The zero-order valence-electron chi connectivity index (χ0n) is 8.22. The number of hydrogen-bond donors (Lipinski definition) is 0. The third-order valence-corrected chi connectivity index (χ3v) is 3.93. The Morgan fingerprint density at radius 1 is 1.38 bits per heavy atom. The molecule has 2 nitrogen and oxygen atoms in total. The van der Waals surface area contributed by atoms with Crippen molar-refractivity contribution in [2.75, 3.05) is 5.75 Å². The average Bonchev–Trinajstić information content (AvgIpc) is 1.91. The summed E-state index contributed by atoms with van der Waals surface area (Å²) in [6.07, 6.45) is 4.02. The molecule has 0 heterocycles. The van der Waals surface area contributed by atoms with Crippen LogP contribution in [0.15, 0.2) is 0 Å². The number of hydrogen-bond acceptors (Lipinski definition) is 2. The lowest BCUT2D eigenvalue weighted by Gasteiger charge is -2.37. The van der Waals surface area contributed by atoms with E-state index in [0.29, 0.717) is 0 Å². The van der Waals surface area contributed by atoms with Crippen molar-refractivity contribution in [1.82, 2.24) is 0 Å². The number of rotatable bonds is 2. The van der Waals surface area contributed by atoms with Crippen molar-refractivity contribution in [3.05, 3.63) is 0 Å². The molecule has 0 N–H and O–H groups in total. The summed E-state index contributed by atoms with van der Waals surface area (Å²) >= 11 is 0. The van der Waals surface area contributed by atoms with Gasteiger partial charge in [0.05, 0.1) is 5.75 Å². The summed E-state index contributed by atoms with van der Waals surface area (Å²) in [5.74, 6) is -0.295. The second-order valence-corrected chi connectivity index (χ2v) is 6.05. The van der Waals surface area contributed by atoms with Gasteiger partial charge in [-0.2, -0.15) is 8.42 Å². The predicted molar refractivity (Wildman–Crippen MR) is 50.6 cm³/mol. The third kappa shape index (κ3) is 3.25. The van der Waals surface area contributed by atoms with Gasteiger partial charge in [-0.05, 0) is 24.2 Å². The van der Waals surface area contributed by atoms with Gasteiger partial charge in [-0.1, -0.05) is 26.7 Å². The first kappa shape index (κ1) is 11.0. The Balaban J connectivity index is 2.67. The van der Waals surface area contributed by atoms with E-state index in [1.165, 1.54) is 0 Å². The van der Waals surface area contributed by atoms with Gasteiger partial charge in [0.2, 0.25) is 0 Å². The molecule has 78 valence electrons. The van der Waals surface area contributed by atoms with Crippen LogP contribution in [0.1, 0.15) is 39.5 Å². The van der Waals surface area contributed by atoms with Crippen molar-refractivity contribution in [3.8, 4) is 0 Å². The molecule has 0 spiro atoms. The summed E-state index contributed by atoms with van der Waals surface area (Å²) in [4.78, 5) is 0. The molecule has 1 aliphatic rings. The minimum absolute atomic E-state index is 0.00347. The van der Waals surface area contributed by atoms with Crippen LogP contribution >= 0.6 is 0 Å². The van der Waals surface area contributed by atoms with Crippen LogP contribution in [-0.2, 0) is 10.2 Å². The molecular formula is C9H17FO2S. The van der Waals surface area contributed by atoms with Gasteiger partial charge in [0.15, 0.2) is 0 Å². The van der Waals surface area contributed by atoms with E-state index in [0.717, 1.165) is 25.7 Å². The van der Waals surface area contributed by atoms with Gasteiger partial charge in [0.1, 0.15) is 0 Å². The van der Waals surface area contributed by atoms with Crippen molar-refractivity contribution in [2.24, 2.45) is 11.3 Å². The van der Waals surface area contributed by atoms with E-state index >= 15 is 0 Å². The van der Waals surface area contributed by atoms with Crippen molar-refractivity contribution >= 4 is 10.2 Å². The molecule has 0 aromatic rings. The summed E-state index contributed by atoms with van der Waals surface area (Å²) in [5.41, 5.74) is -0.0165. The summed E-state index contributed by atoms with van der Waals surface area (Å²) < 4.78 is 33.5. The average molecular weight is 208 g/mol. The Kier molecular flexibility index (Phi) is 3.00. The summed E-state index contributed by atoms with van der Waals surface area (Å²) in [6.45, 7) is 4.06. The van der Waals surface area contributed by atoms with Crippen LogP contribution in [0.2, 0.25) is 0 Å². The van der Waals surface area contributed by atoms with Crippen LogP contribution < -0.4 is 0 Å². The predicted octanol–water partition coefficient (Wildman–Crippen LogP) is 2.50. The molecule has 0 aliphatic heterocycles. The highest BCUT2D eigenvalue weighted by molar-refractivity contribution is 7.86. The molecule has 1 aliphatic carbocycles. The molecule has 4 heteroatoms. The summed E-state index contributed by atoms with van der Waals surface area (Å²) in [7, 11) is -4.29. The summed E-state index contributed by atoms with van der Waals surface area (Å²) in [6, 6.07) is 0. The Hall–Kier alpha value is -0.120. The Bertz CT molecular complexity index is 269. The van der Waals surface area contributed by atoms with Crippen LogP contribution in [0, 0.1) is 11.3 Å². The monoisotopic (exact) mass is 208 g/mol. The normalized spacial score (nSPS) is 28.7. The second kappa shape index (κ2) is 3.56. The van der Waals surface area contributed by atoms with Gasteiger partial charge in [-0.15, -0.1) is 3.89 Å². The fourth-order valence-corrected chi connectivity index (χ4v) is 3.21. The molecule has 0 saturated heterocycles. The lowest BCUT2D eigenvalue weighted by atomic mass is 9.70. The van der Waals surface area contributed by atoms with Crippen LogP contribution in [0.4, 0.5) is 3.89 Å². The van der Waals surface area contributed by atoms with E-state index in [2.05, 4.69) is 0 Å². The van der Waals surface area contributed by atoms with E-state index < -0.39 is 10.2 Å². The first-order chi connectivity index (χ1) is 5.81. The molecule has 1 saturated carbocycles. The lowest BCUT2D eigenvalue weighted by Crippen LogP contribution is -2.32. The molecule has 1 fully saturated rings. The molecule has 0 amide bonds. The Morgan fingerprint density at radius 2 is 2.00 bits per heavy atom. The molecule has 1 unspecified atom stereocenters.